The largest absolute Gasteiger partial charge is 0.500 e. The minimum absolute atomic E-state index is 0.146. The van der Waals surface area contributed by atoms with Gasteiger partial charge in [-0.1, -0.05) is 0 Å². The van der Waals surface area contributed by atoms with Crippen molar-refractivity contribution >= 4 is 20.6 Å². The molecule has 0 aromatic carbocycles. The van der Waals surface area contributed by atoms with Crippen LogP contribution in [0.1, 0.15) is 19.8 Å². The Kier molecular flexibility index (Phi) is 10.5. The zero-order valence-electron chi connectivity index (χ0n) is 12.6. The summed E-state index contributed by atoms with van der Waals surface area (Å²) in [5.74, 6) is -0.735. The van der Waals surface area contributed by atoms with E-state index in [4.69, 9.17) is 22.8 Å². The Hall–Kier alpha value is -0.803. The maximum Gasteiger partial charge on any atom is 0.500 e. The van der Waals surface area contributed by atoms with Crippen LogP contribution in [0.25, 0.3) is 0 Å². The van der Waals surface area contributed by atoms with E-state index in [1.165, 1.54) is 6.92 Å². The summed E-state index contributed by atoms with van der Waals surface area (Å²) in [7, 11) is 2.17. The van der Waals surface area contributed by atoms with E-state index in [9.17, 15) is 9.59 Å². The van der Waals surface area contributed by atoms with Crippen molar-refractivity contribution in [3.63, 3.8) is 0 Å². The molecule has 0 unspecified atom stereocenters. The molecule has 0 radical (unpaired) electrons. The van der Waals surface area contributed by atoms with Crippen molar-refractivity contribution in [2.75, 3.05) is 41.2 Å². The third-order valence-corrected chi connectivity index (χ3v) is 5.42. The van der Waals surface area contributed by atoms with Crippen LogP contribution >= 0.6 is 0 Å². The van der Waals surface area contributed by atoms with Gasteiger partial charge in [0.2, 0.25) is 0 Å². The van der Waals surface area contributed by atoms with E-state index < -0.39 is 14.8 Å². The van der Waals surface area contributed by atoms with Gasteiger partial charge < -0.3 is 22.8 Å². The van der Waals surface area contributed by atoms with Gasteiger partial charge in [-0.25, -0.2) is 0 Å². The number of ether oxygens (including phenoxy) is 2. The second kappa shape index (κ2) is 10.9. The van der Waals surface area contributed by atoms with Crippen LogP contribution in [-0.2, 0) is 32.3 Å². The van der Waals surface area contributed by atoms with Gasteiger partial charge in [-0.2, -0.15) is 0 Å². The lowest BCUT2D eigenvalue weighted by atomic mass is 10.3. The molecule has 0 aliphatic heterocycles. The van der Waals surface area contributed by atoms with Gasteiger partial charge in [0.1, 0.15) is 18.8 Å². The second-order valence-electron chi connectivity index (χ2n) is 4.11. The number of ketones is 1. The molecule has 0 aromatic rings. The van der Waals surface area contributed by atoms with Crippen molar-refractivity contribution in [3.05, 3.63) is 0 Å². The molecule has 8 heteroatoms. The molecule has 0 saturated heterocycles. The van der Waals surface area contributed by atoms with Gasteiger partial charge in [0.05, 0.1) is 6.61 Å². The Bertz CT molecular complexity index is 283. The highest BCUT2D eigenvalue weighted by atomic mass is 28.4. The van der Waals surface area contributed by atoms with Crippen molar-refractivity contribution in [2.24, 2.45) is 0 Å². The average molecular weight is 308 g/mol. The second-order valence-corrected chi connectivity index (χ2v) is 7.20. The van der Waals surface area contributed by atoms with Crippen LogP contribution in [0.3, 0.4) is 0 Å². The maximum absolute atomic E-state index is 11.0. The summed E-state index contributed by atoms with van der Waals surface area (Å²) >= 11 is 0. The molecular formula is C12H24O7Si. The fourth-order valence-corrected chi connectivity index (χ4v) is 3.21. The summed E-state index contributed by atoms with van der Waals surface area (Å²) in [4.78, 5) is 21.7. The van der Waals surface area contributed by atoms with Crippen LogP contribution in [-0.4, -0.2) is 61.7 Å². The summed E-state index contributed by atoms with van der Waals surface area (Å²) in [5.41, 5.74) is 0. The van der Waals surface area contributed by atoms with E-state index >= 15 is 0 Å². The first-order valence-corrected chi connectivity index (χ1v) is 8.31. The van der Waals surface area contributed by atoms with Gasteiger partial charge in [0, 0.05) is 34.0 Å². The summed E-state index contributed by atoms with van der Waals surface area (Å²) in [6.07, 6.45) is 0.534. The molecule has 0 N–H and O–H groups in total. The van der Waals surface area contributed by atoms with Crippen LogP contribution in [0.2, 0.25) is 6.04 Å². The number of Topliss-reactive ketones (excluding diaryl/α,β-unsaturated/α-hetero) is 1. The highest BCUT2D eigenvalue weighted by molar-refractivity contribution is 6.60. The van der Waals surface area contributed by atoms with Gasteiger partial charge in [0.25, 0.3) is 0 Å². The van der Waals surface area contributed by atoms with Crippen molar-refractivity contribution in [2.45, 2.75) is 25.8 Å². The molecule has 0 saturated carbocycles. The number of rotatable bonds is 12. The minimum atomic E-state index is -2.53. The maximum atomic E-state index is 11.0. The monoisotopic (exact) mass is 308 g/mol. The van der Waals surface area contributed by atoms with Crippen LogP contribution in [0, 0.1) is 0 Å². The molecule has 0 fully saturated rings. The molecule has 0 aliphatic rings. The number of hydrogen-bond donors (Lipinski definition) is 0. The molecular weight excluding hydrogens is 284 g/mol. The van der Waals surface area contributed by atoms with Crippen LogP contribution in [0.4, 0.5) is 0 Å². The average Bonchev–Trinajstić information content (AvgIpc) is 2.42. The molecule has 0 aliphatic carbocycles. The predicted molar refractivity (Wildman–Crippen MR) is 73.3 cm³/mol. The standard InChI is InChI=1S/C12H24O7Si/c1-11(13)10-12(14)19-8-7-18-6-5-9-20(15-2,16-3)17-4/h5-10H2,1-4H3. The van der Waals surface area contributed by atoms with E-state index in [1.54, 1.807) is 21.3 Å². The molecule has 0 heterocycles. The highest BCUT2D eigenvalue weighted by Gasteiger charge is 2.36. The van der Waals surface area contributed by atoms with Crippen LogP contribution < -0.4 is 0 Å². The molecule has 20 heavy (non-hydrogen) atoms. The molecule has 0 amide bonds. The smallest absolute Gasteiger partial charge is 0.463 e. The van der Waals surface area contributed by atoms with Crippen LogP contribution in [0.5, 0.6) is 0 Å². The molecule has 7 nitrogen and oxygen atoms in total. The zero-order chi connectivity index (χ0) is 15.4. The zero-order valence-corrected chi connectivity index (χ0v) is 13.6. The van der Waals surface area contributed by atoms with E-state index in [2.05, 4.69) is 0 Å². The summed E-state index contributed by atoms with van der Waals surface area (Å²) in [6, 6.07) is 0.653. The Morgan fingerprint density at radius 2 is 1.55 bits per heavy atom. The van der Waals surface area contributed by atoms with Crippen molar-refractivity contribution in [1.82, 2.24) is 0 Å². The first-order valence-electron chi connectivity index (χ1n) is 6.38. The first-order chi connectivity index (χ1) is 9.49. The summed E-state index contributed by atoms with van der Waals surface area (Å²) in [6.45, 7) is 2.28. The molecule has 0 rings (SSSR count). The van der Waals surface area contributed by atoms with Gasteiger partial charge in [-0.3, -0.25) is 9.59 Å². The number of carbonyl (C=O) groups excluding carboxylic acids is 2. The fourth-order valence-electron chi connectivity index (χ4n) is 1.52. The van der Waals surface area contributed by atoms with Gasteiger partial charge in [-0.15, -0.1) is 0 Å². The Balaban J connectivity index is 3.58. The fraction of sp³-hybridized carbons (Fsp3) is 0.833. The van der Waals surface area contributed by atoms with Crippen molar-refractivity contribution in [1.29, 1.82) is 0 Å². The molecule has 118 valence electrons. The Labute approximate surface area is 120 Å². The van der Waals surface area contributed by atoms with Gasteiger partial charge >= 0.3 is 14.8 Å². The van der Waals surface area contributed by atoms with E-state index in [1.807, 2.05) is 0 Å². The number of esters is 1. The summed E-state index contributed by atoms with van der Waals surface area (Å²) < 4.78 is 25.9. The van der Waals surface area contributed by atoms with Crippen LogP contribution in [0.15, 0.2) is 0 Å². The van der Waals surface area contributed by atoms with E-state index in [0.717, 1.165) is 6.42 Å². The third-order valence-electron chi connectivity index (χ3n) is 2.59. The van der Waals surface area contributed by atoms with Crippen molar-refractivity contribution < 1.29 is 32.3 Å². The topological polar surface area (TPSA) is 80.3 Å². The Morgan fingerprint density at radius 3 is 2.05 bits per heavy atom. The highest BCUT2D eigenvalue weighted by Crippen LogP contribution is 2.14. The Morgan fingerprint density at radius 1 is 0.950 bits per heavy atom. The third kappa shape index (κ3) is 8.38. The molecule has 0 spiro atoms. The van der Waals surface area contributed by atoms with Crippen molar-refractivity contribution in [3.8, 4) is 0 Å². The SMILES string of the molecule is CO[Si](CCCOCCOC(=O)CC(C)=O)(OC)OC. The number of carbonyl (C=O) groups is 2. The lowest BCUT2D eigenvalue weighted by Crippen LogP contribution is -2.42. The first kappa shape index (κ1) is 19.2. The normalized spacial score (nSPS) is 11.4. The van der Waals surface area contributed by atoms with Gasteiger partial charge in [-0.05, 0) is 13.3 Å². The van der Waals surface area contributed by atoms with E-state index in [0.29, 0.717) is 19.3 Å². The molecule has 0 bridgehead atoms. The quantitative estimate of drug-likeness (QED) is 0.228. The molecule has 0 atom stereocenters. The number of hydrogen-bond acceptors (Lipinski definition) is 7. The predicted octanol–water partition coefficient (Wildman–Crippen LogP) is 0.794. The van der Waals surface area contributed by atoms with E-state index in [-0.39, 0.29) is 18.8 Å². The minimum Gasteiger partial charge on any atom is -0.463 e. The summed E-state index contributed by atoms with van der Waals surface area (Å²) in [5, 5.41) is 0. The lowest BCUT2D eigenvalue weighted by molar-refractivity contribution is -0.147. The molecule has 0 aromatic heterocycles. The van der Waals surface area contributed by atoms with Gasteiger partial charge in [0.15, 0.2) is 0 Å². The lowest BCUT2D eigenvalue weighted by Gasteiger charge is -2.24.